The normalized spacial score (nSPS) is 13.8. The van der Waals surface area contributed by atoms with E-state index in [4.69, 9.17) is 4.74 Å². The molecule has 0 radical (unpaired) electrons. The summed E-state index contributed by atoms with van der Waals surface area (Å²) in [4.78, 5) is 11.7. The molecule has 0 aromatic heterocycles. The largest absolute Gasteiger partial charge is 0.466 e. The molecule has 0 fully saturated rings. The van der Waals surface area contributed by atoms with Gasteiger partial charge < -0.3 is 10.1 Å². The van der Waals surface area contributed by atoms with Crippen LogP contribution in [0.1, 0.15) is 51.5 Å². The second-order valence-electron chi connectivity index (χ2n) is 5.21. The Morgan fingerprint density at radius 3 is 2.55 bits per heavy atom. The highest BCUT2D eigenvalue weighted by Gasteiger charge is 2.18. The first-order chi connectivity index (χ1) is 9.67. The number of carbonyl (C=O) groups is 1. The van der Waals surface area contributed by atoms with E-state index in [9.17, 15) is 4.79 Å². The number of benzene rings is 1. The first-order valence-electron chi connectivity index (χ1n) is 7.61. The molecule has 0 aliphatic rings. The molecule has 3 heteroatoms. The molecule has 20 heavy (non-hydrogen) atoms. The standard InChI is InChI=1S/C17H27NO2/c1-4-11-18-16(13-17(19)20-5-2)12-14(3)15-9-7-6-8-10-15/h6-10,14,16,18H,4-5,11-13H2,1-3H3. The second-order valence-corrected chi connectivity index (χ2v) is 5.21. The first-order valence-corrected chi connectivity index (χ1v) is 7.61. The molecule has 0 aliphatic heterocycles. The van der Waals surface area contributed by atoms with Gasteiger partial charge in [0.05, 0.1) is 13.0 Å². The minimum atomic E-state index is -0.110. The summed E-state index contributed by atoms with van der Waals surface area (Å²) in [5.41, 5.74) is 1.32. The Labute approximate surface area is 122 Å². The van der Waals surface area contributed by atoms with Crippen LogP contribution in [-0.2, 0) is 9.53 Å². The molecular formula is C17H27NO2. The van der Waals surface area contributed by atoms with E-state index in [0.29, 0.717) is 18.9 Å². The fraction of sp³-hybridized carbons (Fsp3) is 0.588. The fourth-order valence-corrected chi connectivity index (χ4v) is 2.35. The summed E-state index contributed by atoms with van der Waals surface area (Å²) in [7, 11) is 0. The molecule has 0 heterocycles. The second kappa shape index (κ2) is 9.54. The van der Waals surface area contributed by atoms with Crippen molar-refractivity contribution in [3.8, 4) is 0 Å². The molecule has 0 bridgehead atoms. The van der Waals surface area contributed by atoms with Crippen molar-refractivity contribution < 1.29 is 9.53 Å². The van der Waals surface area contributed by atoms with Gasteiger partial charge in [0.25, 0.3) is 0 Å². The van der Waals surface area contributed by atoms with Crippen LogP contribution in [0.2, 0.25) is 0 Å². The lowest BCUT2D eigenvalue weighted by molar-refractivity contribution is -0.143. The van der Waals surface area contributed by atoms with Crippen molar-refractivity contribution in [1.29, 1.82) is 0 Å². The fourth-order valence-electron chi connectivity index (χ4n) is 2.35. The van der Waals surface area contributed by atoms with Gasteiger partial charge in [-0.15, -0.1) is 0 Å². The molecule has 3 nitrogen and oxygen atoms in total. The first kappa shape index (κ1) is 16.7. The van der Waals surface area contributed by atoms with Crippen molar-refractivity contribution in [2.24, 2.45) is 0 Å². The van der Waals surface area contributed by atoms with E-state index in [1.807, 2.05) is 13.0 Å². The van der Waals surface area contributed by atoms with E-state index < -0.39 is 0 Å². The summed E-state index contributed by atoms with van der Waals surface area (Å²) < 4.78 is 5.06. The maximum Gasteiger partial charge on any atom is 0.307 e. The topological polar surface area (TPSA) is 38.3 Å². The number of hydrogen-bond acceptors (Lipinski definition) is 3. The Balaban J connectivity index is 2.56. The molecule has 0 aliphatic carbocycles. The van der Waals surface area contributed by atoms with Gasteiger partial charge in [-0.3, -0.25) is 4.79 Å². The van der Waals surface area contributed by atoms with Gasteiger partial charge in [-0.25, -0.2) is 0 Å². The van der Waals surface area contributed by atoms with Crippen molar-refractivity contribution >= 4 is 5.97 Å². The van der Waals surface area contributed by atoms with Gasteiger partial charge in [-0.05, 0) is 37.8 Å². The Hall–Kier alpha value is -1.35. The predicted molar refractivity (Wildman–Crippen MR) is 82.8 cm³/mol. The summed E-state index contributed by atoms with van der Waals surface area (Å²) in [6.07, 6.45) is 2.47. The van der Waals surface area contributed by atoms with Crippen LogP contribution in [0.15, 0.2) is 30.3 Å². The zero-order valence-corrected chi connectivity index (χ0v) is 12.9. The van der Waals surface area contributed by atoms with Crippen molar-refractivity contribution in [1.82, 2.24) is 5.32 Å². The molecule has 2 atom stereocenters. The van der Waals surface area contributed by atoms with Crippen molar-refractivity contribution in [2.45, 2.75) is 52.0 Å². The zero-order valence-electron chi connectivity index (χ0n) is 12.9. The highest BCUT2D eigenvalue weighted by molar-refractivity contribution is 5.70. The monoisotopic (exact) mass is 277 g/mol. The molecule has 1 aromatic rings. The van der Waals surface area contributed by atoms with Crippen LogP contribution in [0.25, 0.3) is 0 Å². The molecule has 1 N–H and O–H groups in total. The summed E-state index contributed by atoms with van der Waals surface area (Å²) in [6.45, 7) is 7.58. The lowest BCUT2D eigenvalue weighted by Crippen LogP contribution is -2.33. The number of hydrogen-bond donors (Lipinski definition) is 1. The number of rotatable bonds is 9. The van der Waals surface area contributed by atoms with Gasteiger partial charge >= 0.3 is 5.97 Å². The average molecular weight is 277 g/mol. The maximum atomic E-state index is 11.7. The van der Waals surface area contributed by atoms with Crippen LogP contribution in [-0.4, -0.2) is 25.2 Å². The number of nitrogens with one attached hydrogen (secondary N) is 1. The van der Waals surface area contributed by atoms with Gasteiger partial charge in [-0.2, -0.15) is 0 Å². The van der Waals surface area contributed by atoms with Gasteiger partial charge in [0.2, 0.25) is 0 Å². The Morgan fingerprint density at radius 1 is 1.25 bits per heavy atom. The lowest BCUT2D eigenvalue weighted by atomic mass is 9.92. The Kier molecular flexibility index (Phi) is 7.97. The Morgan fingerprint density at radius 2 is 1.95 bits per heavy atom. The van der Waals surface area contributed by atoms with E-state index in [0.717, 1.165) is 19.4 Å². The highest BCUT2D eigenvalue weighted by Crippen LogP contribution is 2.21. The highest BCUT2D eigenvalue weighted by atomic mass is 16.5. The minimum absolute atomic E-state index is 0.110. The minimum Gasteiger partial charge on any atom is -0.466 e. The van der Waals surface area contributed by atoms with Gasteiger partial charge in [0.15, 0.2) is 0 Å². The molecule has 1 rings (SSSR count). The van der Waals surface area contributed by atoms with Crippen LogP contribution in [0.4, 0.5) is 0 Å². The maximum absolute atomic E-state index is 11.7. The molecule has 0 amide bonds. The van der Waals surface area contributed by atoms with Gasteiger partial charge in [0, 0.05) is 6.04 Å². The smallest absolute Gasteiger partial charge is 0.307 e. The average Bonchev–Trinajstić information content (AvgIpc) is 2.45. The van der Waals surface area contributed by atoms with Crippen molar-refractivity contribution in [3.63, 3.8) is 0 Å². The third kappa shape index (κ3) is 6.20. The lowest BCUT2D eigenvalue weighted by Gasteiger charge is -2.22. The van der Waals surface area contributed by atoms with E-state index in [1.165, 1.54) is 5.56 Å². The van der Waals surface area contributed by atoms with E-state index in [1.54, 1.807) is 0 Å². The quantitative estimate of drug-likeness (QED) is 0.702. The van der Waals surface area contributed by atoms with E-state index in [2.05, 4.69) is 43.4 Å². The molecule has 0 saturated heterocycles. The molecule has 2 unspecified atom stereocenters. The summed E-state index contributed by atoms with van der Waals surface area (Å²) in [6, 6.07) is 10.6. The molecule has 1 aromatic carbocycles. The number of carbonyl (C=O) groups excluding carboxylic acids is 1. The van der Waals surface area contributed by atoms with Crippen LogP contribution in [0, 0.1) is 0 Å². The van der Waals surface area contributed by atoms with Crippen LogP contribution >= 0.6 is 0 Å². The van der Waals surface area contributed by atoms with E-state index in [-0.39, 0.29) is 12.0 Å². The van der Waals surface area contributed by atoms with E-state index >= 15 is 0 Å². The van der Waals surface area contributed by atoms with Crippen LogP contribution in [0.3, 0.4) is 0 Å². The Bertz CT molecular complexity index is 378. The molecule has 0 saturated carbocycles. The number of esters is 1. The summed E-state index contributed by atoms with van der Waals surface area (Å²) >= 11 is 0. The van der Waals surface area contributed by atoms with Crippen molar-refractivity contribution in [2.75, 3.05) is 13.2 Å². The third-order valence-corrected chi connectivity index (χ3v) is 3.41. The molecule has 112 valence electrons. The summed E-state index contributed by atoms with van der Waals surface area (Å²) in [5, 5.41) is 3.46. The van der Waals surface area contributed by atoms with Gasteiger partial charge in [0.1, 0.15) is 0 Å². The molecular weight excluding hydrogens is 250 g/mol. The van der Waals surface area contributed by atoms with Crippen molar-refractivity contribution in [3.05, 3.63) is 35.9 Å². The SMILES string of the molecule is CCCNC(CC(=O)OCC)CC(C)c1ccccc1. The van der Waals surface area contributed by atoms with Crippen LogP contribution in [0.5, 0.6) is 0 Å². The summed E-state index contributed by atoms with van der Waals surface area (Å²) in [5.74, 6) is 0.321. The van der Waals surface area contributed by atoms with Crippen LogP contribution < -0.4 is 5.32 Å². The predicted octanol–water partition coefficient (Wildman–Crippen LogP) is 3.50. The van der Waals surface area contributed by atoms with Gasteiger partial charge in [-0.1, -0.05) is 44.2 Å². The zero-order chi connectivity index (χ0) is 14.8. The molecule has 0 spiro atoms. The third-order valence-electron chi connectivity index (χ3n) is 3.41. The number of ether oxygens (including phenoxy) is 1.